The maximum Gasteiger partial charge on any atom is 0.335 e. The Labute approximate surface area is 148 Å². The van der Waals surface area contributed by atoms with Gasteiger partial charge in [-0.3, -0.25) is 4.79 Å². The summed E-state index contributed by atoms with van der Waals surface area (Å²) in [5.74, 6) is -0.580. The molecule has 7 heteroatoms. The first kappa shape index (κ1) is 16.8. The highest BCUT2D eigenvalue weighted by molar-refractivity contribution is 8.18. The molecule has 2 heterocycles. The predicted octanol–water partition coefficient (Wildman–Crippen LogP) is 3.73. The lowest BCUT2D eigenvalue weighted by Gasteiger charge is -2.03. The number of aryl methyl sites for hydroxylation is 1. The quantitative estimate of drug-likeness (QED) is 0.816. The fourth-order valence-corrected chi connectivity index (χ4v) is 2.87. The first-order valence-electron chi connectivity index (χ1n) is 7.36. The number of benzene rings is 1. The standard InChI is InChI=1S/C18H14N2O4S/c1-11-7-8-12(17(22)23)10-14(11)19-18-20-16(21)15(25-18)6-2-4-13-5-3-9-24-13/h2-10H,1H3,(H,22,23)(H,19,20,21). The van der Waals surface area contributed by atoms with Crippen molar-refractivity contribution in [1.29, 1.82) is 0 Å². The van der Waals surface area contributed by atoms with E-state index in [9.17, 15) is 9.59 Å². The van der Waals surface area contributed by atoms with Crippen molar-refractivity contribution in [3.05, 3.63) is 70.5 Å². The molecule has 1 saturated heterocycles. The number of nitrogens with one attached hydrogen (secondary N) is 1. The molecule has 0 saturated carbocycles. The van der Waals surface area contributed by atoms with E-state index in [4.69, 9.17) is 9.52 Å². The minimum absolute atomic E-state index is 0.149. The summed E-state index contributed by atoms with van der Waals surface area (Å²) >= 11 is 1.19. The van der Waals surface area contributed by atoms with Gasteiger partial charge in [-0.05, 0) is 60.7 Å². The van der Waals surface area contributed by atoms with Crippen molar-refractivity contribution >= 4 is 40.6 Å². The van der Waals surface area contributed by atoms with Crippen molar-refractivity contribution in [2.45, 2.75) is 6.92 Å². The van der Waals surface area contributed by atoms with Gasteiger partial charge in [-0.15, -0.1) is 0 Å². The zero-order chi connectivity index (χ0) is 17.8. The van der Waals surface area contributed by atoms with E-state index in [1.54, 1.807) is 36.6 Å². The van der Waals surface area contributed by atoms with Crippen LogP contribution in [0.25, 0.3) is 6.08 Å². The Bertz CT molecular complexity index is 911. The first-order valence-corrected chi connectivity index (χ1v) is 8.18. The van der Waals surface area contributed by atoms with Gasteiger partial charge in [0, 0.05) is 0 Å². The van der Waals surface area contributed by atoms with Gasteiger partial charge < -0.3 is 14.8 Å². The Kier molecular flexibility index (Phi) is 4.85. The van der Waals surface area contributed by atoms with E-state index in [-0.39, 0.29) is 11.5 Å². The third kappa shape index (κ3) is 4.07. The van der Waals surface area contributed by atoms with Gasteiger partial charge in [0.25, 0.3) is 5.91 Å². The number of nitrogens with zero attached hydrogens (tertiary/aromatic N) is 1. The summed E-state index contributed by atoms with van der Waals surface area (Å²) in [4.78, 5) is 27.9. The molecule has 1 fully saturated rings. The van der Waals surface area contributed by atoms with Crippen molar-refractivity contribution in [2.24, 2.45) is 4.99 Å². The maximum absolute atomic E-state index is 12.0. The molecule has 6 nitrogen and oxygen atoms in total. The number of hydrogen-bond acceptors (Lipinski definition) is 5. The average molecular weight is 354 g/mol. The molecule has 1 amide bonds. The second kappa shape index (κ2) is 7.23. The lowest BCUT2D eigenvalue weighted by molar-refractivity contribution is -0.115. The summed E-state index contributed by atoms with van der Waals surface area (Å²) in [6, 6.07) is 8.28. The summed E-state index contributed by atoms with van der Waals surface area (Å²) in [5, 5.41) is 12.2. The highest BCUT2D eigenvalue weighted by Crippen LogP contribution is 2.28. The van der Waals surface area contributed by atoms with Crippen LogP contribution in [0.5, 0.6) is 0 Å². The van der Waals surface area contributed by atoms with E-state index in [0.717, 1.165) is 5.56 Å². The smallest absolute Gasteiger partial charge is 0.335 e. The van der Waals surface area contributed by atoms with E-state index in [2.05, 4.69) is 10.3 Å². The van der Waals surface area contributed by atoms with Crippen LogP contribution in [0.1, 0.15) is 21.7 Å². The lowest BCUT2D eigenvalue weighted by Crippen LogP contribution is -2.19. The molecule has 1 aliphatic heterocycles. The molecule has 1 aromatic heterocycles. The van der Waals surface area contributed by atoms with Crippen LogP contribution < -0.4 is 5.32 Å². The normalized spacial score (nSPS) is 17.6. The number of hydrogen-bond donors (Lipinski definition) is 2. The second-order valence-corrected chi connectivity index (χ2v) is 6.22. The van der Waals surface area contributed by atoms with E-state index in [1.165, 1.54) is 23.9 Å². The molecular formula is C18H14N2O4S. The van der Waals surface area contributed by atoms with Crippen molar-refractivity contribution < 1.29 is 19.1 Å². The van der Waals surface area contributed by atoms with Gasteiger partial charge >= 0.3 is 5.97 Å². The Hall–Kier alpha value is -3.06. The van der Waals surface area contributed by atoms with Gasteiger partial charge in [0.1, 0.15) is 5.76 Å². The number of carboxylic acid groups (broad SMARTS) is 1. The largest absolute Gasteiger partial charge is 0.478 e. The Morgan fingerprint density at radius 2 is 2.20 bits per heavy atom. The highest BCUT2D eigenvalue weighted by Gasteiger charge is 2.23. The number of amidine groups is 1. The molecule has 2 N–H and O–H groups in total. The topological polar surface area (TPSA) is 91.9 Å². The molecular weight excluding hydrogens is 340 g/mol. The van der Waals surface area contributed by atoms with Crippen LogP contribution in [0.2, 0.25) is 0 Å². The monoisotopic (exact) mass is 354 g/mol. The number of carbonyl (C=O) groups excluding carboxylic acids is 1. The molecule has 0 spiro atoms. The van der Waals surface area contributed by atoms with Gasteiger partial charge in [-0.1, -0.05) is 12.1 Å². The molecule has 2 aromatic rings. The molecule has 0 unspecified atom stereocenters. The molecule has 1 aromatic carbocycles. The molecule has 0 atom stereocenters. The number of rotatable bonds is 4. The average Bonchev–Trinajstić information content (AvgIpc) is 3.20. The minimum atomic E-state index is -1.02. The van der Waals surface area contributed by atoms with Crippen molar-refractivity contribution in [3.63, 3.8) is 0 Å². The highest BCUT2D eigenvalue weighted by atomic mass is 32.2. The van der Waals surface area contributed by atoms with Crippen molar-refractivity contribution in [2.75, 3.05) is 0 Å². The number of carbonyl (C=O) groups is 2. The van der Waals surface area contributed by atoms with Crippen LogP contribution in [0.3, 0.4) is 0 Å². The van der Waals surface area contributed by atoms with Crippen molar-refractivity contribution in [3.8, 4) is 0 Å². The van der Waals surface area contributed by atoms with Gasteiger partial charge in [-0.2, -0.15) is 0 Å². The fourth-order valence-electron chi connectivity index (χ4n) is 2.08. The molecule has 0 radical (unpaired) electrons. The molecule has 3 rings (SSSR count). The van der Waals surface area contributed by atoms with Gasteiger partial charge in [0.15, 0.2) is 5.17 Å². The minimum Gasteiger partial charge on any atom is -0.478 e. The number of carboxylic acids is 1. The zero-order valence-corrected chi connectivity index (χ0v) is 14.0. The van der Waals surface area contributed by atoms with E-state index in [1.807, 2.05) is 13.0 Å². The maximum atomic E-state index is 12.0. The van der Waals surface area contributed by atoms with Crippen LogP contribution in [0.15, 0.2) is 63.1 Å². The third-order valence-corrected chi connectivity index (χ3v) is 4.31. The van der Waals surface area contributed by atoms with Crippen LogP contribution in [0, 0.1) is 6.92 Å². The van der Waals surface area contributed by atoms with Gasteiger partial charge in [-0.25, -0.2) is 9.79 Å². The summed E-state index contributed by atoms with van der Waals surface area (Å²) in [6.07, 6.45) is 6.71. The van der Waals surface area contributed by atoms with E-state index < -0.39 is 5.97 Å². The number of allylic oxidation sites excluding steroid dienone is 2. The summed E-state index contributed by atoms with van der Waals surface area (Å²) in [5.41, 5.74) is 1.48. The predicted molar refractivity (Wildman–Crippen MR) is 96.8 cm³/mol. The van der Waals surface area contributed by atoms with E-state index >= 15 is 0 Å². The van der Waals surface area contributed by atoms with Gasteiger partial charge in [0.05, 0.1) is 22.4 Å². The van der Waals surface area contributed by atoms with Crippen LogP contribution in [0.4, 0.5) is 5.69 Å². The first-order chi connectivity index (χ1) is 12.0. The number of thioether (sulfide) groups is 1. The summed E-state index contributed by atoms with van der Waals surface area (Å²) < 4.78 is 5.17. The Morgan fingerprint density at radius 1 is 1.36 bits per heavy atom. The summed E-state index contributed by atoms with van der Waals surface area (Å²) in [6.45, 7) is 1.83. The molecule has 25 heavy (non-hydrogen) atoms. The summed E-state index contributed by atoms with van der Waals surface area (Å²) in [7, 11) is 0. The molecule has 1 aliphatic rings. The number of aromatic carboxylic acids is 1. The zero-order valence-electron chi connectivity index (χ0n) is 13.2. The second-order valence-electron chi connectivity index (χ2n) is 5.19. The Balaban J connectivity index is 1.79. The lowest BCUT2D eigenvalue weighted by atomic mass is 10.1. The number of aliphatic imine (C=N–C) groups is 1. The van der Waals surface area contributed by atoms with Crippen LogP contribution in [-0.4, -0.2) is 22.2 Å². The van der Waals surface area contributed by atoms with Gasteiger partial charge in [0.2, 0.25) is 0 Å². The fraction of sp³-hybridized carbons (Fsp3) is 0.0556. The molecule has 126 valence electrons. The Morgan fingerprint density at radius 3 is 2.92 bits per heavy atom. The third-order valence-electron chi connectivity index (χ3n) is 3.38. The van der Waals surface area contributed by atoms with E-state index in [0.29, 0.717) is 21.5 Å². The van der Waals surface area contributed by atoms with Crippen LogP contribution in [-0.2, 0) is 4.79 Å². The number of furan rings is 1. The molecule has 0 bridgehead atoms. The SMILES string of the molecule is Cc1ccc(C(=O)O)cc1N=C1NC(=O)C(=CC=Cc2ccco2)S1. The number of amides is 1. The van der Waals surface area contributed by atoms with Crippen LogP contribution >= 0.6 is 11.8 Å². The molecule has 0 aliphatic carbocycles. The van der Waals surface area contributed by atoms with Crippen molar-refractivity contribution in [1.82, 2.24) is 5.32 Å².